The van der Waals surface area contributed by atoms with Gasteiger partial charge in [0, 0.05) is 37.9 Å². The predicted octanol–water partition coefficient (Wildman–Crippen LogP) is 3.67. The van der Waals surface area contributed by atoms with Gasteiger partial charge in [-0.05, 0) is 43.2 Å². The van der Waals surface area contributed by atoms with E-state index in [0.29, 0.717) is 13.1 Å². The van der Waals surface area contributed by atoms with Gasteiger partial charge in [0.15, 0.2) is 0 Å². The van der Waals surface area contributed by atoms with Crippen molar-refractivity contribution >= 4 is 17.4 Å². The Morgan fingerprint density at radius 1 is 1.00 bits per heavy atom. The number of benzene rings is 2. The first kappa shape index (κ1) is 18.9. The van der Waals surface area contributed by atoms with Crippen LogP contribution in [0.25, 0.3) is 0 Å². The Morgan fingerprint density at radius 2 is 1.74 bits per heavy atom. The van der Waals surface area contributed by atoms with E-state index in [4.69, 9.17) is 9.47 Å². The first-order valence-electron chi connectivity index (χ1n) is 9.12. The van der Waals surface area contributed by atoms with Gasteiger partial charge in [0.25, 0.3) is 0 Å². The number of aryl methyl sites for hydroxylation is 1. The minimum Gasteiger partial charge on any atom is -0.497 e. The van der Waals surface area contributed by atoms with Crippen LogP contribution in [0.5, 0.6) is 11.5 Å². The standard InChI is InChI=1S/C21H27N3O3/c1-15-6-5-7-18(16(15)2)22-21(25)24-12-10-23(11-13-24)19-14-17(26-3)8-9-20(19)27-4/h5-9,14H,10-13H2,1-4H3,(H,22,25). The lowest BCUT2D eigenvalue weighted by Crippen LogP contribution is -2.50. The van der Waals surface area contributed by atoms with Crippen LogP contribution in [0.15, 0.2) is 36.4 Å². The molecular weight excluding hydrogens is 342 g/mol. The molecule has 0 saturated carbocycles. The molecule has 0 radical (unpaired) electrons. The first-order valence-corrected chi connectivity index (χ1v) is 9.12. The maximum absolute atomic E-state index is 12.6. The van der Waals surface area contributed by atoms with Crippen LogP contribution < -0.4 is 19.7 Å². The lowest BCUT2D eigenvalue weighted by atomic mass is 10.1. The highest BCUT2D eigenvalue weighted by atomic mass is 16.5. The first-order chi connectivity index (χ1) is 13.0. The number of nitrogens with one attached hydrogen (secondary N) is 1. The summed E-state index contributed by atoms with van der Waals surface area (Å²) in [6.07, 6.45) is 0. The van der Waals surface area contributed by atoms with Crippen molar-refractivity contribution in [3.8, 4) is 11.5 Å². The van der Waals surface area contributed by atoms with Gasteiger partial charge in [-0.3, -0.25) is 0 Å². The van der Waals surface area contributed by atoms with E-state index >= 15 is 0 Å². The van der Waals surface area contributed by atoms with Crippen molar-refractivity contribution < 1.29 is 14.3 Å². The zero-order valence-electron chi connectivity index (χ0n) is 16.4. The smallest absolute Gasteiger partial charge is 0.321 e. The van der Waals surface area contributed by atoms with E-state index < -0.39 is 0 Å². The van der Waals surface area contributed by atoms with Crippen molar-refractivity contribution in [2.75, 3.05) is 50.6 Å². The van der Waals surface area contributed by atoms with Crippen LogP contribution in [0.4, 0.5) is 16.2 Å². The summed E-state index contributed by atoms with van der Waals surface area (Å²) >= 11 is 0. The Morgan fingerprint density at radius 3 is 2.41 bits per heavy atom. The molecule has 0 bridgehead atoms. The predicted molar refractivity (Wildman–Crippen MR) is 108 cm³/mol. The number of amides is 2. The van der Waals surface area contributed by atoms with Crippen LogP contribution in [0.2, 0.25) is 0 Å². The van der Waals surface area contributed by atoms with Crippen LogP contribution in [-0.2, 0) is 0 Å². The molecule has 6 nitrogen and oxygen atoms in total. The third kappa shape index (κ3) is 4.10. The van der Waals surface area contributed by atoms with E-state index in [9.17, 15) is 4.79 Å². The van der Waals surface area contributed by atoms with E-state index in [1.807, 2.05) is 55.1 Å². The number of rotatable bonds is 4. The lowest BCUT2D eigenvalue weighted by Gasteiger charge is -2.36. The summed E-state index contributed by atoms with van der Waals surface area (Å²) in [5.41, 5.74) is 4.14. The van der Waals surface area contributed by atoms with Crippen molar-refractivity contribution in [1.29, 1.82) is 0 Å². The highest BCUT2D eigenvalue weighted by Crippen LogP contribution is 2.33. The van der Waals surface area contributed by atoms with Crippen LogP contribution in [0.1, 0.15) is 11.1 Å². The van der Waals surface area contributed by atoms with Gasteiger partial charge in [0.1, 0.15) is 11.5 Å². The Hall–Kier alpha value is -2.89. The number of anilines is 2. The molecular formula is C21H27N3O3. The van der Waals surface area contributed by atoms with Crippen molar-refractivity contribution in [3.05, 3.63) is 47.5 Å². The van der Waals surface area contributed by atoms with Crippen LogP contribution in [0, 0.1) is 13.8 Å². The summed E-state index contributed by atoms with van der Waals surface area (Å²) in [4.78, 5) is 16.7. The third-order valence-electron chi connectivity index (χ3n) is 5.14. The molecule has 1 aliphatic rings. The van der Waals surface area contributed by atoms with E-state index in [1.54, 1.807) is 14.2 Å². The summed E-state index contributed by atoms with van der Waals surface area (Å²) in [6, 6.07) is 11.7. The zero-order valence-corrected chi connectivity index (χ0v) is 16.4. The molecule has 0 atom stereocenters. The Balaban J connectivity index is 1.65. The van der Waals surface area contributed by atoms with Gasteiger partial charge in [-0.15, -0.1) is 0 Å². The summed E-state index contributed by atoms with van der Waals surface area (Å²) < 4.78 is 10.8. The van der Waals surface area contributed by atoms with Crippen LogP contribution in [0.3, 0.4) is 0 Å². The minimum absolute atomic E-state index is 0.0547. The molecule has 0 unspecified atom stereocenters. The van der Waals surface area contributed by atoms with Gasteiger partial charge < -0.3 is 24.6 Å². The third-order valence-corrected chi connectivity index (χ3v) is 5.14. The molecule has 0 aliphatic carbocycles. The number of ether oxygens (including phenoxy) is 2. The molecule has 2 aromatic carbocycles. The number of piperazine rings is 1. The number of carbonyl (C=O) groups excluding carboxylic acids is 1. The molecule has 3 rings (SSSR count). The van der Waals surface area contributed by atoms with Crippen molar-refractivity contribution in [2.45, 2.75) is 13.8 Å². The van der Waals surface area contributed by atoms with Gasteiger partial charge in [0.2, 0.25) is 0 Å². The van der Waals surface area contributed by atoms with Gasteiger partial charge >= 0.3 is 6.03 Å². The molecule has 1 heterocycles. The number of hydrogen-bond acceptors (Lipinski definition) is 4. The minimum atomic E-state index is -0.0547. The van der Waals surface area contributed by atoms with Gasteiger partial charge in [-0.1, -0.05) is 12.1 Å². The second kappa shape index (κ2) is 8.20. The molecule has 144 valence electrons. The summed E-state index contributed by atoms with van der Waals surface area (Å²) in [5, 5.41) is 3.04. The number of nitrogens with zero attached hydrogens (tertiary/aromatic N) is 2. The topological polar surface area (TPSA) is 54.0 Å². The molecule has 2 amide bonds. The number of urea groups is 1. The average molecular weight is 369 g/mol. The molecule has 2 aromatic rings. The summed E-state index contributed by atoms with van der Waals surface area (Å²) in [7, 11) is 3.32. The van der Waals surface area contributed by atoms with E-state index in [2.05, 4.69) is 10.2 Å². The van der Waals surface area contributed by atoms with Crippen molar-refractivity contribution in [1.82, 2.24) is 4.90 Å². The molecule has 0 spiro atoms. The number of carbonyl (C=O) groups is 1. The number of hydrogen-bond donors (Lipinski definition) is 1. The maximum atomic E-state index is 12.6. The lowest BCUT2D eigenvalue weighted by molar-refractivity contribution is 0.208. The van der Waals surface area contributed by atoms with Crippen molar-refractivity contribution in [3.63, 3.8) is 0 Å². The van der Waals surface area contributed by atoms with Crippen LogP contribution in [-0.4, -0.2) is 51.3 Å². The van der Waals surface area contributed by atoms with Crippen LogP contribution >= 0.6 is 0 Å². The molecule has 27 heavy (non-hydrogen) atoms. The molecule has 6 heteroatoms. The van der Waals surface area contributed by atoms with E-state index in [1.165, 1.54) is 5.56 Å². The van der Waals surface area contributed by atoms with Gasteiger partial charge in [0.05, 0.1) is 19.9 Å². The fourth-order valence-corrected chi connectivity index (χ4v) is 3.28. The van der Waals surface area contributed by atoms with E-state index in [-0.39, 0.29) is 6.03 Å². The second-order valence-corrected chi connectivity index (χ2v) is 6.69. The largest absolute Gasteiger partial charge is 0.497 e. The van der Waals surface area contributed by atoms with Crippen molar-refractivity contribution in [2.24, 2.45) is 0 Å². The fourth-order valence-electron chi connectivity index (χ4n) is 3.28. The summed E-state index contributed by atoms with van der Waals surface area (Å²) in [6.45, 7) is 6.85. The Labute approximate surface area is 160 Å². The zero-order chi connectivity index (χ0) is 19.4. The monoisotopic (exact) mass is 369 g/mol. The molecule has 1 N–H and O–H groups in total. The quantitative estimate of drug-likeness (QED) is 0.893. The Kier molecular flexibility index (Phi) is 5.74. The highest BCUT2D eigenvalue weighted by Gasteiger charge is 2.23. The summed E-state index contributed by atoms with van der Waals surface area (Å²) in [5.74, 6) is 1.60. The molecule has 1 fully saturated rings. The number of methoxy groups -OCH3 is 2. The maximum Gasteiger partial charge on any atom is 0.321 e. The molecule has 1 saturated heterocycles. The second-order valence-electron chi connectivity index (χ2n) is 6.69. The Bertz CT molecular complexity index is 814. The fraction of sp³-hybridized carbons (Fsp3) is 0.381. The molecule has 1 aliphatic heterocycles. The SMILES string of the molecule is COc1ccc(OC)c(N2CCN(C(=O)Nc3cccc(C)c3C)CC2)c1. The average Bonchev–Trinajstić information content (AvgIpc) is 2.71. The van der Waals surface area contributed by atoms with Gasteiger partial charge in [-0.25, -0.2) is 4.79 Å². The normalized spacial score (nSPS) is 14.1. The van der Waals surface area contributed by atoms with E-state index in [0.717, 1.165) is 41.5 Å². The molecule has 0 aromatic heterocycles. The van der Waals surface area contributed by atoms with Gasteiger partial charge in [-0.2, -0.15) is 0 Å². The highest BCUT2D eigenvalue weighted by molar-refractivity contribution is 5.90.